The number of benzene rings is 4. The van der Waals surface area contributed by atoms with Gasteiger partial charge in [-0.2, -0.15) is 0 Å². The van der Waals surface area contributed by atoms with Crippen LogP contribution >= 0.6 is 0 Å². The smallest absolute Gasteiger partial charge is 0.115 e. The van der Waals surface area contributed by atoms with E-state index in [9.17, 15) is 15.3 Å². The van der Waals surface area contributed by atoms with E-state index in [0.717, 1.165) is 66.8 Å². The Morgan fingerprint density at radius 3 is 0.972 bits per heavy atom. The first-order valence-corrected chi connectivity index (χ1v) is 11.7. The molecule has 0 saturated carbocycles. The lowest BCUT2D eigenvalue weighted by atomic mass is 9.75. The fraction of sp³-hybridized carbons (Fsp3) is 0.0909. The van der Waals surface area contributed by atoms with Crippen LogP contribution in [0.5, 0.6) is 17.2 Å². The third-order valence-corrected chi connectivity index (χ3v) is 6.25. The van der Waals surface area contributed by atoms with Gasteiger partial charge in [0.05, 0.1) is 0 Å². The summed E-state index contributed by atoms with van der Waals surface area (Å²) >= 11 is 0. The number of hydrogen-bond acceptors (Lipinski definition) is 3. The highest BCUT2D eigenvalue weighted by Crippen LogP contribution is 2.51. The summed E-state index contributed by atoms with van der Waals surface area (Å²) in [4.78, 5) is 0. The average Bonchev–Trinajstić information content (AvgIpc) is 2.83. The first-order valence-electron chi connectivity index (χ1n) is 11.7. The summed E-state index contributed by atoms with van der Waals surface area (Å²) in [7, 11) is 0. The van der Waals surface area contributed by atoms with E-state index < -0.39 is 0 Å². The Labute approximate surface area is 212 Å². The monoisotopic (exact) mass is 474 g/mol. The highest BCUT2D eigenvalue weighted by atomic mass is 16.3. The second-order valence-corrected chi connectivity index (χ2v) is 9.23. The molecule has 0 unspecified atom stereocenters. The van der Waals surface area contributed by atoms with Gasteiger partial charge in [0.1, 0.15) is 17.2 Å². The molecule has 4 rings (SSSR count). The molecule has 0 aliphatic heterocycles. The van der Waals surface area contributed by atoms with E-state index >= 15 is 0 Å². The fourth-order valence-corrected chi connectivity index (χ4v) is 4.78. The predicted octanol–water partition coefficient (Wildman–Crippen LogP) is 8.90. The zero-order chi connectivity index (χ0) is 26.1. The minimum Gasteiger partial charge on any atom is -0.508 e. The summed E-state index contributed by atoms with van der Waals surface area (Å²) in [5.41, 5.74) is 11.0. The van der Waals surface area contributed by atoms with Crippen LogP contribution in [0.2, 0.25) is 0 Å². The van der Waals surface area contributed by atoms with Crippen LogP contribution in [-0.2, 0) is 0 Å². The van der Waals surface area contributed by atoms with E-state index in [0.29, 0.717) is 0 Å². The van der Waals surface area contributed by atoms with Crippen molar-refractivity contribution in [2.45, 2.75) is 20.8 Å². The summed E-state index contributed by atoms with van der Waals surface area (Å²) in [6, 6.07) is 21.4. The van der Waals surface area contributed by atoms with Crippen LogP contribution in [0.15, 0.2) is 92.5 Å². The SMILES string of the molecule is C=C(C)c1c(C(=C)C)c(-c2ccc(O)cc2)c(-c2ccc(O)cc2)c(C(=C)C)c1-c1ccc(O)cc1. The molecular formula is C33H30O3. The lowest BCUT2D eigenvalue weighted by Gasteiger charge is -2.28. The fourth-order valence-electron chi connectivity index (χ4n) is 4.78. The summed E-state index contributed by atoms with van der Waals surface area (Å²) in [5, 5.41) is 30.0. The molecule has 0 heterocycles. The van der Waals surface area contributed by atoms with Gasteiger partial charge in [-0.3, -0.25) is 0 Å². The Balaban J connectivity index is 2.34. The average molecular weight is 475 g/mol. The minimum atomic E-state index is 0.180. The Morgan fingerprint density at radius 1 is 0.417 bits per heavy atom. The first kappa shape index (κ1) is 24.6. The van der Waals surface area contributed by atoms with Gasteiger partial charge in [0.25, 0.3) is 0 Å². The normalized spacial score (nSPS) is 10.8. The molecule has 0 aliphatic rings. The summed E-state index contributed by atoms with van der Waals surface area (Å²) in [5.74, 6) is 0.550. The Kier molecular flexibility index (Phi) is 6.59. The molecule has 4 aromatic carbocycles. The van der Waals surface area contributed by atoms with Gasteiger partial charge in [-0.05, 0) is 124 Å². The molecule has 4 aromatic rings. The summed E-state index contributed by atoms with van der Waals surface area (Å²) in [6.45, 7) is 19.0. The van der Waals surface area contributed by atoms with E-state index in [1.54, 1.807) is 36.4 Å². The molecule has 36 heavy (non-hydrogen) atoms. The highest BCUT2D eigenvalue weighted by Gasteiger charge is 2.27. The van der Waals surface area contributed by atoms with Crippen LogP contribution < -0.4 is 0 Å². The van der Waals surface area contributed by atoms with Crippen LogP contribution in [-0.4, -0.2) is 15.3 Å². The molecule has 0 aliphatic carbocycles. The van der Waals surface area contributed by atoms with E-state index in [4.69, 9.17) is 0 Å². The van der Waals surface area contributed by atoms with E-state index in [1.807, 2.05) is 57.2 Å². The van der Waals surface area contributed by atoms with Gasteiger partial charge in [0.15, 0.2) is 0 Å². The Morgan fingerprint density at radius 2 is 0.667 bits per heavy atom. The van der Waals surface area contributed by atoms with Crippen molar-refractivity contribution in [3.05, 3.63) is 109 Å². The van der Waals surface area contributed by atoms with Gasteiger partial charge in [0.2, 0.25) is 0 Å². The van der Waals surface area contributed by atoms with Crippen molar-refractivity contribution in [2.24, 2.45) is 0 Å². The minimum absolute atomic E-state index is 0.180. The standard InChI is InChI=1S/C33H30O3/c1-19(2)28-29(20(3)4)32(23-9-15-26(35)16-10-23)33(24-11-17-27(36)18-12-24)30(21(5)6)31(28)22-7-13-25(34)14-8-22/h7-18,34-36H,1,3,5H2,2,4,6H3. The molecule has 0 radical (unpaired) electrons. The second-order valence-electron chi connectivity index (χ2n) is 9.23. The molecule has 0 bridgehead atoms. The van der Waals surface area contributed by atoms with Crippen molar-refractivity contribution in [3.8, 4) is 50.6 Å². The molecular weight excluding hydrogens is 444 g/mol. The molecule has 0 aromatic heterocycles. The number of phenols is 3. The lowest BCUT2D eigenvalue weighted by Crippen LogP contribution is -2.05. The van der Waals surface area contributed by atoms with Crippen LogP contribution in [0.25, 0.3) is 50.1 Å². The van der Waals surface area contributed by atoms with Crippen molar-refractivity contribution >= 4 is 16.7 Å². The van der Waals surface area contributed by atoms with E-state index in [2.05, 4.69) is 19.7 Å². The maximum absolute atomic E-state index is 10.0. The number of allylic oxidation sites excluding steroid dienone is 3. The molecule has 3 heteroatoms. The van der Waals surface area contributed by atoms with Gasteiger partial charge in [-0.1, -0.05) is 56.1 Å². The predicted molar refractivity (Wildman–Crippen MR) is 152 cm³/mol. The van der Waals surface area contributed by atoms with Crippen molar-refractivity contribution in [1.29, 1.82) is 0 Å². The van der Waals surface area contributed by atoms with Gasteiger partial charge in [-0.15, -0.1) is 0 Å². The number of hydrogen-bond donors (Lipinski definition) is 3. The largest absolute Gasteiger partial charge is 0.508 e. The second kappa shape index (κ2) is 9.63. The maximum atomic E-state index is 10.0. The van der Waals surface area contributed by atoms with Crippen molar-refractivity contribution < 1.29 is 15.3 Å². The van der Waals surface area contributed by atoms with Gasteiger partial charge in [-0.25, -0.2) is 0 Å². The van der Waals surface area contributed by atoms with Gasteiger partial charge < -0.3 is 15.3 Å². The summed E-state index contributed by atoms with van der Waals surface area (Å²) < 4.78 is 0. The van der Waals surface area contributed by atoms with E-state index in [1.165, 1.54) is 0 Å². The number of phenolic OH excluding ortho intramolecular Hbond substituents is 3. The van der Waals surface area contributed by atoms with Crippen LogP contribution in [0, 0.1) is 0 Å². The van der Waals surface area contributed by atoms with Crippen molar-refractivity contribution in [2.75, 3.05) is 0 Å². The van der Waals surface area contributed by atoms with Crippen LogP contribution in [0.3, 0.4) is 0 Å². The molecule has 0 atom stereocenters. The third kappa shape index (κ3) is 4.44. The van der Waals surface area contributed by atoms with Gasteiger partial charge >= 0.3 is 0 Å². The first-order chi connectivity index (χ1) is 17.1. The zero-order valence-electron chi connectivity index (χ0n) is 20.9. The van der Waals surface area contributed by atoms with Crippen molar-refractivity contribution in [3.63, 3.8) is 0 Å². The number of rotatable bonds is 6. The van der Waals surface area contributed by atoms with Gasteiger partial charge in [0, 0.05) is 0 Å². The van der Waals surface area contributed by atoms with E-state index in [-0.39, 0.29) is 17.2 Å². The third-order valence-electron chi connectivity index (χ3n) is 6.25. The summed E-state index contributed by atoms with van der Waals surface area (Å²) in [6.07, 6.45) is 0. The quantitative estimate of drug-likeness (QED) is 0.261. The molecule has 3 N–H and O–H groups in total. The maximum Gasteiger partial charge on any atom is 0.115 e. The molecule has 0 saturated heterocycles. The highest BCUT2D eigenvalue weighted by molar-refractivity contribution is 6.07. The zero-order valence-corrected chi connectivity index (χ0v) is 20.9. The van der Waals surface area contributed by atoms with Crippen molar-refractivity contribution in [1.82, 2.24) is 0 Å². The molecule has 180 valence electrons. The lowest BCUT2D eigenvalue weighted by molar-refractivity contribution is 0.475. The van der Waals surface area contributed by atoms with Crippen LogP contribution in [0.1, 0.15) is 37.5 Å². The topological polar surface area (TPSA) is 60.7 Å². The number of aromatic hydroxyl groups is 3. The molecule has 0 fully saturated rings. The Hall–Kier alpha value is -4.50. The Bertz CT molecular complexity index is 1490. The van der Waals surface area contributed by atoms with Crippen LogP contribution in [0.4, 0.5) is 0 Å². The molecule has 0 spiro atoms. The molecule has 3 nitrogen and oxygen atoms in total. The molecule has 0 amide bonds.